The van der Waals surface area contributed by atoms with Crippen LogP contribution in [0.15, 0.2) is 23.2 Å². The number of benzene rings is 1. The second kappa shape index (κ2) is 5.94. The third kappa shape index (κ3) is 3.21. The molecule has 1 N–H and O–H groups in total. The second-order valence-corrected chi connectivity index (χ2v) is 6.87. The molecule has 102 valence electrons. The lowest BCUT2D eigenvalue weighted by atomic mass is 9.92. The van der Waals surface area contributed by atoms with Gasteiger partial charge >= 0.3 is 0 Å². The van der Waals surface area contributed by atoms with Gasteiger partial charge in [-0.1, -0.05) is 53.9 Å². The molecule has 0 amide bonds. The Morgan fingerprint density at radius 1 is 1.26 bits per heavy atom. The molecule has 0 aromatic heterocycles. The summed E-state index contributed by atoms with van der Waals surface area (Å²) in [6.07, 6.45) is 5.11. The summed E-state index contributed by atoms with van der Waals surface area (Å²) in [6.45, 7) is 0. The van der Waals surface area contributed by atoms with Gasteiger partial charge in [0.2, 0.25) is 0 Å². The molecule has 3 rings (SSSR count). The molecule has 1 heterocycles. The predicted molar refractivity (Wildman–Crippen MR) is 84.4 cm³/mol. The minimum atomic E-state index is 0.497. The molecule has 0 saturated heterocycles. The van der Waals surface area contributed by atoms with Crippen LogP contribution in [0.25, 0.3) is 0 Å². The SMILES string of the molecule is Clc1ccc(CSC2=N[C@@H]3CCCC[C@@H]3N2)c(Cl)c1. The summed E-state index contributed by atoms with van der Waals surface area (Å²) in [5.41, 5.74) is 1.11. The van der Waals surface area contributed by atoms with Crippen LogP contribution in [0, 0.1) is 0 Å². The summed E-state index contributed by atoms with van der Waals surface area (Å²) in [4.78, 5) is 4.77. The first kappa shape index (κ1) is 13.6. The van der Waals surface area contributed by atoms with Crippen molar-refractivity contribution in [2.45, 2.75) is 43.5 Å². The van der Waals surface area contributed by atoms with Crippen molar-refractivity contribution in [2.24, 2.45) is 4.99 Å². The van der Waals surface area contributed by atoms with Gasteiger partial charge < -0.3 is 5.32 Å². The number of amidine groups is 1. The summed E-state index contributed by atoms with van der Waals surface area (Å²) in [5, 5.41) is 6.02. The monoisotopic (exact) mass is 314 g/mol. The lowest BCUT2D eigenvalue weighted by Crippen LogP contribution is -2.36. The fourth-order valence-corrected chi connectivity index (χ4v) is 4.19. The van der Waals surface area contributed by atoms with Crippen LogP contribution in [0.4, 0.5) is 0 Å². The van der Waals surface area contributed by atoms with Crippen LogP contribution >= 0.6 is 35.0 Å². The van der Waals surface area contributed by atoms with Gasteiger partial charge in [-0.15, -0.1) is 0 Å². The highest BCUT2D eigenvalue weighted by Gasteiger charge is 2.30. The maximum Gasteiger partial charge on any atom is 0.157 e. The first-order chi connectivity index (χ1) is 9.22. The molecule has 0 radical (unpaired) electrons. The molecule has 1 aliphatic carbocycles. The van der Waals surface area contributed by atoms with Crippen LogP contribution in [-0.2, 0) is 5.75 Å². The van der Waals surface area contributed by atoms with Gasteiger partial charge in [-0.25, -0.2) is 0 Å². The first-order valence-electron chi connectivity index (χ1n) is 6.63. The predicted octanol–water partition coefficient (Wildman–Crippen LogP) is 4.50. The van der Waals surface area contributed by atoms with Crippen molar-refractivity contribution in [1.29, 1.82) is 0 Å². The van der Waals surface area contributed by atoms with Gasteiger partial charge in [0.15, 0.2) is 5.17 Å². The van der Waals surface area contributed by atoms with Crippen molar-refractivity contribution >= 4 is 40.1 Å². The Labute approximate surface area is 128 Å². The Balaban J connectivity index is 1.60. The molecule has 1 aliphatic heterocycles. The van der Waals surface area contributed by atoms with Gasteiger partial charge in [0.25, 0.3) is 0 Å². The molecular weight excluding hydrogens is 299 g/mol. The van der Waals surface area contributed by atoms with Crippen molar-refractivity contribution in [1.82, 2.24) is 5.32 Å². The van der Waals surface area contributed by atoms with Crippen LogP contribution in [0.3, 0.4) is 0 Å². The van der Waals surface area contributed by atoms with Crippen LogP contribution in [0.2, 0.25) is 10.0 Å². The summed E-state index contributed by atoms with van der Waals surface area (Å²) < 4.78 is 0. The highest BCUT2D eigenvalue weighted by atomic mass is 35.5. The molecule has 0 bridgehead atoms. The zero-order chi connectivity index (χ0) is 13.2. The van der Waals surface area contributed by atoms with E-state index in [4.69, 9.17) is 28.2 Å². The smallest absolute Gasteiger partial charge is 0.157 e. The third-order valence-electron chi connectivity index (χ3n) is 3.70. The summed E-state index contributed by atoms with van der Waals surface area (Å²) in [7, 11) is 0. The standard InChI is InChI=1S/C14H16Cl2N2S/c15-10-6-5-9(11(16)7-10)8-19-14-17-12-3-1-2-4-13(12)18-14/h5-7,12-13H,1-4,8H2,(H,17,18)/t12-,13+. The number of rotatable bonds is 2. The quantitative estimate of drug-likeness (QED) is 0.869. The molecule has 0 spiro atoms. The van der Waals surface area contributed by atoms with Crippen LogP contribution in [0.1, 0.15) is 31.2 Å². The van der Waals surface area contributed by atoms with Gasteiger partial charge in [-0.05, 0) is 30.5 Å². The lowest BCUT2D eigenvalue weighted by molar-refractivity contribution is 0.385. The zero-order valence-electron chi connectivity index (χ0n) is 10.5. The van der Waals surface area contributed by atoms with Crippen LogP contribution in [-0.4, -0.2) is 17.3 Å². The van der Waals surface area contributed by atoms with E-state index in [1.807, 2.05) is 12.1 Å². The molecule has 2 aliphatic rings. The molecule has 1 aromatic rings. The molecule has 2 nitrogen and oxygen atoms in total. The number of nitrogens with one attached hydrogen (secondary N) is 1. The molecular formula is C14H16Cl2N2S. The Morgan fingerprint density at radius 3 is 2.89 bits per heavy atom. The topological polar surface area (TPSA) is 24.4 Å². The van der Waals surface area contributed by atoms with E-state index in [2.05, 4.69) is 5.32 Å². The number of aliphatic imine (C=N–C) groups is 1. The molecule has 1 saturated carbocycles. The van der Waals surface area contributed by atoms with Crippen molar-refractivity contribution in [3.05, 3.63) is 33.8 Å². The van der Waals surface area contributed by atoms with Gasteiger partial charge in [-0.2, -0.15) is 0 Å². The summed E-state index contributed by atoms with van der Waals surface area (Å²) in [5.74, 6) is 0.835. The zero-order valence-corrected chi connectivity index (χ0v) is 12.9. The minimum Gasteiger partial charge on any atom is -0.360 e. The Kier molecular flexibility index (Phi) is 4.25. The summed E-state index contributed by atoms with van der Waals surface area (Å²) in [6, 6.07) is 6.73. The summed E-state index contributed by atoms with van der Waals surface area (Å²) >= 11 is 13.8. The van der Waals surface area contributed by atoms with Crippen molar-refractivity contribution < 1.29 is 0 Å². The molecule has 1 fully saturated rings. The van der Waals surface area contributed by atoms with E-state index >= 15 is 0 Å². The van der Waals surface area contributed by atoms with E-state index < -0.39 is 0 Å². The average Bonchev–Trinajstić information content (AvgIpc) is 2.80. The van der Waals surface area contributed by atoms with Gasteiger partial charge in [0.05, 0.1) is 12.1 Å². The van der Waals surface area contributed by atoms with Crippen molar-refractivity contribution in [2.75, 3.05) is 0 Å². The molecule has 1 aromatic carbocycles. The van der Waals surface area contributed by atoms with Gasteiger partial charge in [-0.3, -0.25) is 4.99 Å². The van der Waals surface area contributed by atoms with Gasteiger partial charge in [0.1, 0.15) is 0 Å². The Morgan fingerprint density at radius 2 is 2.11 bits per heavy atom. The number of hydrogen-bond acceptors (Lipinski definition) is 3. The Hall–Kier alpha value is -0.380. The van der Waals surface area contributed by atoms with E-state index in [-0.39, 0.29) is 0 Å². The molecule has 0 unspecified atom stereocenters. The molecule has 2 atom stereocenters. The first-order valence-corrected chi connectivity index (χ1v) is 8.37. The van der Waals surface area contributed by atoms with E-state index in [1.165, 1.54) is 25.7 Å². The molecule has 5 heteroatoms. The van der Waals surface area contributed by atoms with Crippen molar-refractivity contribution in [3.63, 3.8) is 0 Å². The largest absolute Gasteiger partial charge is 0.360 e. The van der Waals surface area contributed by atoms with E-state index in [0.717, 1.165) is 21.5 Å². The normalized spacial score (nSPS) is 25.7. The maximum atomic E-state index is 6.18. The number of hydrogen-bond donors (Lipinski definition) is 1. The third-order valence-corrected chi connectivity index (χ3v) is 5.24. The van der Waals surface area contributed by atoms with E-state index in [0.29, 0.717) is 17.1 Å². The fraction of sp³-hybridized carbons (Fsp3) is 0.500. The number of fused-ring (bicyclic) bond motifs is 1. The fourth-order valence-electron chi connectivity index (χ4n) is 2.64. The highest BCUT2D eigenvalue weighted by molar-refractivity contribution is 8.13. The van der Waals surface area contributed by atoms with Gasteiger partial charge in [0, 0.05) is 15.8 Å². The molecule has 19 heavy (non-hydrogen) atoms. The van der Waals surface area contributed by atoms with Crippen LogP contribution < -0.4 is 5.32 Å². The minimum absolute atomic E-state index is 0.497. The lowest BCUT2D eigenvalue weighted by Gasteiger charge is -2.23. The second-order valence-electron chi connectivity index (χ2n) is 5.06. The Bertz CT molecular complexity index is 504. The number of halogens is 2. The van der Waals surface area contributed by atoms with Crippen LogP contribution in [0.5, 0.6) is 0 Å². The van der Waals surface area contributed by atoms with Crippen molar-refractivity contribution in [3.8, 4) is 0 Å². The number of thioether (sulfide) groups is 1. The maximum absolute atomic E-state index is 6.18. The van der Waals surface area contributed by atoms with E-state index in [9.17, 15) is 0 Å². The average molecular weight is 315 g/mol. The highest BCUT2D eigenvalue weighted by Crippen LogP contribution is 2.29. The number of nitrogens with zero attached hydrogens (tertiary/aromatic N) is 1. The van der Waals surface area contributed by atoms with E-state index in [1.54, 1.807) is 17.8 Å².